The van der Waals surface area contributed by atoms with Crippen LogP contribution in [0.2, 0.25) is 0 Å². The number of hydrogen-bond acceptors (Lipinski definition) is 6. The van der Waals surface area contributed by atoms with Gasteiger partial charge in [0.1, 0.15) is 27.7 Å². The molecule has 3 aromatic carbocycles. The topological polar surface area (TPSA) is 81.7 Å². The fourth-order valence-corrected chi connectivity index (χ4v) is 4.78. The van der Waals surface area contributed by atoms with Gasteiger partial charge < -0.3 is 18.8 Å². The van der Waals surface area contributed by atoms with Crippen molar-refractivity contribution in [2.75, 3.05) is 7.11 Å². The molecule has 5 rings (SSSR count). The molecule has 6 nitrogen and oxygen atoms in total. The lowest BCUT2D eigenvalue weighted by Crippen LogP contribution is -2.23. The normalized spacial score (nSPS) is 11.3. The van der Waals surface area contributed by atoms with Crippen LogP contribution in [0.1, 0.15) is 5.56 Å². The summed E-state index contributed by atoms with van der Waals surface area (Å²) >= 11 is 0.788. The van der Waals surface area contributed by atoms with Crippen molar-refractivity contribution < 1.29 is 23.0 Å². The maximum atomic E-state index is 13.8. The molecule has 0 spiro atoms. The van der Waals surface area contributed by atoms with E-state index >= 15 is 0 Å². The highest BCUT2D eigenvalue weighted by molar-refractivity contribution is 7.99. The Morgan fingerprint density at radius 2 is 1.74 bits per heavy atom. The number of aromatic hydroxyl groups is 1. The van der Waals surface area contributed by atoms with E-state index in [0.717, 1.165) is 11.8 Å². The minimum Gasteiger partial charge on any atom is -0.505 e. The minimum absolute atomic E-state index is 0.0128. The molecule has 0 bridgehead atoms. The maximum Gasteiger partial charge on any atom is 0.354 e. The van der Waals surface area contributed by atoms with Crippen LogP contribution in [-0.4, -0.2) is 16.8 Å². The first-order valence-corrected chi connectivity index (χ1v) is 11.3. The van der Waals surface area contributed by atoms with Gasteiger partial charge in [-0.25, -0.2) is 13.6 Å². The van der Waals surface area contributed by atoms with Crippen molar-refractivity contribution >= 4 is 33.6 Å². The van der Waals surface area contributed by atoms with Gasteiger partial charge in [-0.05, 0) is 48.0 Å². The van der Waals surface area contributed by atoms with E-state index in [9.17, 15) is 23.5 Å². The largest absolute Gasteiger partial charge is 0.505 e. The Kier molecular flexibility index (Phi) is 5.78. The predicted octanol–water partition coefficient (Wildman–Crippen LogP) is 5.30. The molecular weight excluding hydrogens is 476 g/mol. The third-order valence-corrected chi connectivity index (χ3v) is 6.56. The standard InChI is InChI=1S/C26H17F2NO5S/c1-33-17-8-9-19-20(12-17)29(13-14-4-2-5-15(27)10-14)25(31)21-22(30)24(26(32)34-23(19)21)35-18-7-3-6-16(28)11-18/h2-12,30H,13H2,1H3. The monoisotopic (exact) mass is 493 g/mol. The summed E-state index contributed by atoms with van der Waals surface area (Å²) in [6.45, 7) is -0.0128. The molecular formula is C26H17F2NO5S. The molecule has 9 heteroatoms. The number of ether oxygens (including phenoxy) is 1. The fourth-order valence-electron chi connectivity index (χ4n) is 3.91. The Hall–Kier alpha value is -4.11. The summed E-state index contributed by atoms with van der Waals surface area (Å²) in [5.74, 6) is -1.09. The molecule has 2 aromatic heterocycles. The Morgan fingerprint density at radius 1 is 1.00 bits per heavy atom. The number of hydrogen-bond donors (Lipinski definition) is 1. The molecule has 0 aliphatic rings. The average molecular weight is 493 g/mol. The van der Waals surface area contributed by atoms with Gasteiger partial charge in [-0.1, -0.05) is 30.0 Å². The van der Waals surface area contributed by atoms with Crippen LogP contribution in [0.3, 0.4) is 0 Å². The van der Waals surface area contributed by atoms with E-state index in [0.29, 0.717) is 27.1 Å². The molecule has 0 aliphatic carbocycles. The quantitative estimate of drug-likeness (QED) is 0.335. The minimum atomic E-state index is -0.872. The van der Waals surface area contributed by atoms with E-state index in [1.807, 2.05) is 0 Å². The van der Waals surface area contributed by atoms with Crippen molar-refractivity contribution in [3.8, 4) is 11.5 Å². The molecule has 5 aromatic rings. The van der Waals surface area contributed by atoms with Crippen LogP contribution in [0.5, 0.6) is 11.5 Å². The molecule has 0 amide bonds. The summed E-state index contributed by atoms with van der Waals surface area (Å²) in [6.07, 6.45) is 0. The van der Waals surface area contributed by atoms with Crippen LogP contribution in [0.25, 0.3) is 21.9 Å². The van der Waals surface area contributed by atoms with Gasteiger partial charge in [-0.3, -0.25) is 4.79 Å². The third kappa shape index (κ3) is 4.15. The molecule has 1 N–H and O–H groups in total. The van der Waals surface area contributed by atoms with Crippen LogP contribution in [0.4, 0.5) is 8.78 Å². The lowest BCUT2D eigenvalue weighted by molar-refractivity contribution is 0.415. The van der Waals surface area contributed by atoms with Crippen molar-refractivity contribution in [1.29, 1.82) is 0 Å². The number of halogens is 2. The van der Waals surface area contributed by atoms with E-state index in [-0.39, 0.29) is 22.4 Å². The number of benzene rings is 3. The van der Waals surface area contributed by atoms with Gasteiger partial charge in [0.05, 0.1) is 19.2 Å². The summed E-state index contributed by atoms with van der Waals surface area (Å²) in [6, 6.07) is 16.1. The van der Waals surface area contributed by atoms with Crippen molar-refractivity contribution in [2.24, 2.45) is 0 Å². The molecule has 0 atom stereocenters. The van der Waals surface area contributed by atoms with E-state index < -0.39 is 28.6 Å². The Morgan fingerprint density at radius 3 is 2.46 bits per heavy atom. The zero-order valence-electron chi connectivity index (χ0n) is 18.2. The molecule has 2 heterocycles. The fraction of sp³-hybridized carbons (Fsp3) is 0.0769. The SMILES string of the molecule is COc1ccc2c3oc(=O)c(Sc4cccc(F)c4)c(O)c3c(=O)n(Cc3cccc(F)c3)c2c1. The van der Waals surface area contributed by atoms with Gasteiger partial charge in [-0.15, -0.1) is 0 Å². The van der Waals surface area contributed by atoms with Crippen LogP contribution in [-0.2, 0) is 6.54 Å². The van der Waals surface area contributed by atoms with Crippen molar-refractivity contribution in [3.05, 3.63) is 105 Å². The number of nitrogens with zero attached hydrogens (tertiary/aromatic N) is 1. The van der Waals surface area contributed by atoms with Crippen LogP contribution < -0.4 is 15.9 Å². The molecule has 35 heavy (non-hydrogen) atoms. The van der Waals surface area contributed by atoms with E-state index in [1.54, 1.807) is 30.3 Å². The smallest absolute Gasteiger partial charge is 0.354 e. The number of aromatic nitrogens is 1. The molecule has 176 valence electrons. The molecule has 0 saturated heterocycles. The highest BCUT2D eigenvalue weighted by Gasteiger charge is 2.23. The summed E-state index contributed by atoms with van der Waals surface area (Å²) in [5, 5.41) is 11.2. The molecule has 0 unspecified atom stereocenters. The van der Waals surface area contributed by atoms with Crippen molar-refractivity contribution in [1.82, 2.24) is 4.57 Å². The number of rotatable bonds is 5. The van der Waals surface area contributed by atoms with Crippen molar-refractivity contribution in [2.45, 2.75) is 16.3 Å². The van der Waals surface area contributed by atoms with Gasteiger partial charge in [0, 0.05) is 16.3 Å². The van der Waals surface area contributed by atoms with Crippen LogP contribution >= 0.6 is 11.8 Å². The zero-order valence-corrected chi connectivity index (χ0v) is 19.1. The second-order valence-electron chi connectivity index (χ2n) is 7.74. The summed E-state index contributed by atoms with van der Waals surface area (Å²) in [7, 11) is 1.47. The van der Waals surface area contributed by atoms with E-state index in [4.69, 9.17) is 9.15 Å². The third-order valence-electron chi connectivity index (χ3n) is 5.50. The Balaban J connectivity index is 1.81. The summed E-state index contributed by atoms with van der Waals surface area (Å²) in [4.78, 5) is 26.6. The molecule has 0 saturated carbocycles. The van der Waals surface area contributed by atoms with E-state index in [2.05, 4.69) is 0 Å². The number of pyridine rings is 1. The van der Waals surface area contributed by atoms with Crippen LogP contribution in [0.15, 0.2) is 90.5 Å². The number of fused-ring (bicyclic) bond motifs is 3. The zero-order chi connectivity index (χ0) is 24.7. The first-order chi connectivity index (χ1) is 16.9. The van der Waals surface area contributed by atoms with Crippen molar-refractivity contribution in [3.63, 3.8) is 0 Å². The summed E-state index contributed by atoms with van der Waals surface area (Å²) in [5.41, 5.74) is -0.716. The number of methoxy groups -OCH3 is 1. The predicted molar refractivity (Wildman–Crippen MR) is 128 cm³/mol. The highest BCUT2D eigenvalue weighted by Crippen LogP contribution is 2.37. The first kappa shape index (κ1) is 22.7. The molecule has 0 radical (unpaired) electrons. The van der Waals surface area contributed by atoms with Gasteiger partial charge in [0.15, 0.2) is 11.3 Å². The second kappa shape index (κ2) is 8.92. The lowest BCUT2D eigenvalue weighted by Gasteiger charge is -2.15. The van der Waals surface area contributed by atoms with Gasteiger partial charge in [0.2, 0.25) is 0 Å². The van der Waals surface area contributed by atoms with Gasteiger partial charge >= 0.3 is 5.63 Å². The molecule has 0 aliphatic heterocycles. The Bertz CT molecular complexity index is 1730. The van der Waals surface area contributed by atoms with E-state index in [1.165, 1.54) is 48.1 Å². The average Bonchev–Trinajstić information content (AvgIpc) is 2.83. The first-order valence-electron chi connectivity index (χ1n) is 10.4. The maximum absolute atomic E-state index is 13.8. The second-order valence-corrected chi connectivity index (χ2v) is 8.82. The van der Waals surface area contributed by atoms with Gasteiger partial charge in [-0.2, -0.15) is 0 Å². The highest BCUT2D eigenvalue weighted by atomic mass is 32.2. The molecule has 0 fully saturated rings. The lowest BCUT2D eigenvalue weighted by atomic mass is 10.1. The summed E-state index contributed by atoms with van der Waals surface area (Å²) < 4.78 is 39.6. The Labute approximate surface area is 201 Å². The van der Waals surface area contributed by atoms with Crippen LogP contribution in [0, 0.1) is 11.6 Å². The van der Waals surface area contributed by atoms with Gasteiger partial charge in [0.25, 0.3) is 5.56 Å².